The van der Waals surface area contributed by atoms with E-state index >= 15 is 0 Å². The summed E-state index contributed by atoms with van der Waals surface area (Å²) in [6, 6.07) is 0. The second-order valence-electron chi connectivity index (χ2n) is 19.5. The van der Waals surface area contributed by atoms with Crippen LogP contribution in [0.5, 0.6) is 0 Å². The fourth-order valence-electron chi connectivity index (χ4n) is 8.05. The maximum atomic E-state index is 12.8. The molecule has 0 fully saturated rings. The Labute approximate surface area is 374 Å². The number of hydrogen-bond donors (Lipinski definition) is 0. The van der Waals surface area contributed by atoms with Crippen LogP contribution in [0.4, 0.5) is 0 Å². The lowest BCUT2D eigenvalue weighted by Gasteiger charge is -2.18. The number of rotatable bonds is 47. The van der Waals surface area contributed by atoms with E-state index < -0.39 is 6.10 Å². The Morgan fingerprint density at radius 2 is 0.583 bits per heavy atom. The number of esters is 3. The second kappa shape index (κ2) is 45.4. The molecule has 0 aliphatic carbocycles. The molecule has 0 N–H and O–H groups in total. The molecule has 0 spiro atoms. The highest BCUT2D eigenvalue weighted by molar-refractivity contribution is 5.71. The lowest BCUT2D eigenvalue weighted by molar-refractivity contribution is -0.167. The van der Waals surface area contributed by atoms with E-state index in [1.807, 2.05) is 0 Å². The second-order valence-corrected chi connectivity index (χ2v) is 19.5. The fourth-order valence-corrected chi connectivity index (χ4v) is 8.05. The normalized spacial score (nSPS) is 13.1. The summed E-state index contributed by atoms with van der Waals surface area (Å²) in [7, 11) is 0. The maximum Gasteiger partial charge on any atom is 0.306 e. The standard InChI is InChI=1S/C54H104O6/c1-7-49(5)41-35-29-23-19-15-11-9-10-12-16-20-24-31-37-43-52(55)58-46-51(60-54(57)45-39-33-27-26-30-36-42-50(6)8-2)47-59-53(56)44-38-32-25-21-17-13-14-18-22-28-34-40-48(3)4/h48-51H,7-47H2,1-6H3/t49?,50?,51-/m1/s1. The van der Waals surface area contributed by atoms with Crippen LogP contribution in [0.25, 0.3) is 0 Å². The molecule has 6 nitrogen and oxygen atoms in total. The minimum absolute atomic E-state index is 0.0653. The van der Waals surface area contributed by atoms with Gasteiger partial charge in [0.2, 0.25) is 0 Å². The van der Waals surface area contributed by atoms with Crippen molar-refractivity contribution in [1.29, 1.82) is 0 Å². The highest BCUT2D eigenvalue weighted by Crippen LogP contribution is 2.18. The largest absolute Gasteiger partial charge is 0.462 e. The Balaban J connectivity index is 4.26. The molecule has 2 unspecified atom stereocenters. The van der Waals surface area contributed by atoms with Crippen LogP contribution in [0.2, 0.25) is 0 Å². The molecule has 0 heterocycles. The zero-order valence-electron chi connectivity index (χ0n) is 41.3. The van der Waals surface area contributed by atoms with E-state index in [4.69, 9.17) is 14.2 Å². The number of carbonyl (C=O) groups excluding carboxylic acids is 3. The Hall–Kier alpha value is -1.59. The van der Waals surface area contributed by atoms with Gasteiger partial charge in [0.15, 0.2) is 6.10 Å². The van der Waals surface area contributed by atoms with Crippen molar-refractivity contribution in [2.75, 3.05) is 13.2 Å². The molecule has 0 aromatic heterocycles. The minimum atomic E-state index is -0.763. The molecule has 0 saturated carbocycles. The van der Waals surface area contributed by atoms with Crippen molar-refractivity contribution in [3.63, 3.8) is 0 Å². The molecular formula is C54H104O6. The van der Waals surface area contributed by atoms with Crippen molar-refractivity contribution in [3.8, 4) is 0 Å². The Bertz CT molecular complexity index is 933. The summed E-state index contributed by atoms with van der Waals surface area (Å²) >= 11 is 0. The number of unbranched alkanes of at least 4 members (excludes halogenated alkanes) is 28. The average molecular weight is 849 g/mol. The van der Waals surface area contributed by atoms with Crippen LogP contribution in [0.15, 0.2) is 0 Å². The molecule has 60 heavy (non-hydrogen) atoms. The van der Waals surface area contributed by atoms with Crippen LogP contribution >= 0.6 is 0 Å². The SMILES string of the molecule is CCC(C)CCCCCCCCCCCCCCCCC(=O)OC[C@H](COC(=O)CCCCCCCCCCCCCC(C)C)OC(=O)CCCCCCCCC(C)CC. The topological polar surface area (TPSA) is 78.9 Å². The van der Waals surface area contributed by atoms with Crippen LogP contribution in [-0.2, 0) is 28.6 Å². The first kappa shape index (κ1) is 58.4. The molecule has 0 aromatic carbocycles. The molecule has 3 atom stereocenters. The first-order valence-corrected chi connectivity index (χ1v) is 26.7. The molecule has 0 saturated heterocycles. The van der Waals surface area contributed by atoms with E-state index in [0.717, 1.165) is 75.5 Å². The summed E-state index contributed by atoms with van der Waals surface area (Å²) in [5.41, 5.74) is 0. The average Bonchev–Trinajstić information content (AvgIpc) is 3.23. The van der Waals surface area contributed by atoms with Gasteiger partial charge in [0.25, 0.3) is 0 Å². The summed E-state index contributed by atoms with van der Waals surface area (Å²) in [4.78, 5) is 37.9. The van der Waals surface area contributed by atoms with Gasteiger partial charge in [-0.1, -0.05) is 253 Å². The van der Waals surface area contributed by atoms with Crippen LogP contribution in [-0.4, -0.2) is 37.2 Å². The lowest BCUT2D eigenvalue weighted by atomic mass is 9.99. The number of carbonyl (C=O) groups is 3. The zero-order chi connectivity index (χ0) is 44.2. The summed E-state index contributed by atoms with van der Waals surface area (Å²) in [5, 5.41) is 0. The summed E-state index contributed by atoms with van der Waals surface area (Å²) < 4.78 is 16.8. The third-order valence-corrected chi connectivity index (χ3v) is 12.9. The Morgan fingerprint density at radius 1 is 0.333 bits per heavy atom. The maximum absolute atomic E-state index is 12.8. The summed E-state index contributed by atoms with van der Waals surface area (Å²) in [5.74, 6) is 1.68. The molecule has 6 heteroatoms. The molecule has 0 aromatic rings. The van der Waals surface area contributed by atoms with Gasteiger partial charge in [-0.15, -0.1) is 0 Å². The molecule has 0 amide bonds. The number of ether oxygens (including phenoxy) is 3. The first-order valence-electron chi connectivity index (χ1n) is 26.7. The Morgan fingerprint density at radius 3 is 0.867 bits per heavy atom. The van der Waals surface area contributed by atoms with Crippen LogP contribution < -0.4 is 0 Å². The van der Waals surface area contributed by atoms with E-state index in [1.165, 1.54) is 173 Å². The molecule has 0 aliphatic heterocycles. The van der Waals surface area contributed by atoms with Crippen molar-refractivity contribution in [1.82, 2.24) is 0 Å². The monoisotopic (exact) mass is 849 g/mol. The van der Waals surface area contributed by atoms with Crippen molar-refractivity contribution in [2.24, 2.45) is 17.8 Å². The summed E-state index contributed by atoms with van der Waals surface area (Å²) in [6.45, 7) is 13.7. The summed E-state index contributed by atoms with van der Waals surface area (Å²) in [6.07, 6.45) is 45.2. The van der Waals surface area contributed by atoms with E-state index in [-0.39, 0.29) is 31.1 Å². The molecular weight excluding hydrogens is 745 g/mol. The van der Waals surface area contributed by atoms with Gasteiger partial charge >= 0.3 is 17.9 Å². The molecule has 0 radical (unpaired) electrons. The molecule has 356 valence electrons. The van der Waals surface area contributed by atoms with E-state index in [0.29, 0.717) is 19.3 Å². The Kier molecular flexibility index (Phi) is 44.2. The highest BCUT2D eigenvalue weighted by Gasteiger charge is 2.19. The third kappa shape index (κ3) is 44.5. The smallest absolute Gasteiger partial charge is 0.306 e. The van der Waals surface area contributed by atoms with Crippen LogP contribution in [0.1, 0.15) is 292 Å². The van der Waals surface area contributed by atoms with Crippen LogP contribution in [0.3, 0.4) is 0 Å². The fraction of sp³-hybridized carbons (Fsp3) is 0.944. The van der Waals surface area contributed by atoms with Crippen molar-refractivity contribution in [3.05, 3.63) is 0 Å². The van der Waals surface area contributed by atoms with Gasteiger partial charge in [0, 0.05) is 19.3 Å². The van der Waals surface area contributed by atoms with E-state index in [9.17, 15) is 14.4 Å². The zero-order valence-corrected chi connectivity index (χ0v) is 41.3. The quantitative estimate of drug-likeness (QED) is 0.0345. The van der Waals surface area contributed by atoms with Crippen LogP contribution in [0, 0.1) is 17.8 Å². The van der Waals surface area contributed by atoms with Gasteiger partial charge in [-0.2, -0.15) is 0 Å². The van der Waals surface area contributed by atoms with Gasteiger partial charge in [0.05, 0.1) is 0 Å². The van der Waals surface area contributed by atoms with Gasteiger partial charge < -0.3 is 14.2 Å². The van der Waals surface area contributed by atoms with Crippen molar-refractivity contribution >= 4 is 17.9 Å². The van der Waals surface area contributed by atoms with E-state index in [2.05, 4.69) is 41.5 Å². The van der Waals surface area contributed by atoms with Gasteiger partial charge in [-0.3, -0.25) is 14.4 Å². The highest BCUT2D eigenvalue weighted by atomic mass is 16.6. The van der Waals surface area contributed by atoms with Crippen molar-refractivity contribution in [2.45, 2.75) is 298 Å². The molecule has 0 aliphatic rings. The van der Waals surface area contributed by atoms with E-state index in [1.54, 1.807) is 0 Å². The predicted octanol–water partition coefficient (Wildman–Crippen LogP) is 17.2. The predicted molar refractivity (Wildman–Crippen MR) is 256 cm³/mol. The molecule has 0 rings (SSSR count). The van der Waals surface area contributed by atoms with Crippen molar-refractivity contribution < 1.29 is 28.6 Å². The van der Waals surface area contributed by atoms with Gasteiger partial charge in [-0.05, 0) is 37.0 Å². The van der Waals surface area contributed by atoms with Gasteiger partial charge in [0.1, 0.15) is 13.2 Å². The minimum Gasteiger partial charge on any atom is -0.462 e. The molecule has 0 bridgehead atoms. The number of hydrogen-bond acceptors (Lipinski definition) is 6. The third-order valence-electron chi connectivity index (χ3n) is 12.9. The first-order chi connectivity index (χ1) is 29.2. The van der Waals surface area contributed by atoms with Gasteiger partial charge in [-0.25, -0.2) is 0 Å². The lowest BCUT2D eigenvalue weighted by Crippen LogP contribution is -2.30.